The predicted molar refractivity (Wildman–Crippen MR) is 74.6 cm³/mol. The van der Waals surface area contributed by atoms with Crippen molar-refractivity contribution in [1.29, 1.82) is 0 Å². The summed E-state index contributed by atoms with van der Waals surface area (Å²) in [4.78, 5) is 13.5. The molecule has 19 heavy (non-hydrogen) atoms. The molecular weight excluding hydrogens is 285 g/mol. The van der Waals surface area contributed by atoms with Gasteiger partial charge in [0.2, 0.25) is 0 Å². The molecule has 3 rings (SSSR count). The Morgan fingerprint density at radius 2 is 2.11 bits per heavy atom. The molecule has 2 heterocycles. The predicted octanol–water partition coefficient (Wildman–Crippen LogP) is 3.43. The molecule has 2 bridgehead atoms. The second kappa shape index (κ2) is 4.97. The van der Waals surface area contributed by atoms with E-state index >= 15 is 0 Å². The van der Waals surface area contributed by atoms with Crippen LogP contribution in [0.4, 0.5) is 0 Å². The van der Waals surface area contributed by atoms with Crippen LogP contribution >= 0.6 is 23.2 Å². The highest BCUT2D eigenvalue weighted by atomic mass is 35.5. The van der Waals surface area contributed by atoms with Crippen LogP contribution in [0.2, 0.25) is 10.0 Å². The molecule has 3 nitrogen and oxygen atoms in total. The number of nitrogens with zero attached hydrogens (tertiary/aromatic N) is 1. The van der Waals surface area contributed by atoms with E-state index in [9.17, 15) is 9.90 Å². The molecule has 2 fully saturated rings. The molecule has 0 saturated carbocycles. The molecule has 3 atom stereocenters. The fourth-order valence-corrected chi connectivity index (χ4v) is 3.78. The van der Waals surface area contributed by atoms with Gasteiger partial charge in [-0.25, -0.2) is 0 Å². The Labute approximate surface area is 122 Å². The molecule has 2 aliphatic rings. The summed E-state index contributed by atoms with van der Waals surface area (Å²) >= 11 is 11.9. The van der Waals surface area contributed by atoms with Gasteiger partial charge in [-0.1, -0.05) is 29.3 Å². The van der Waals surface area contributed by atoms with Crippen LogP contribution in [0.5, 0.6) is 0 Å². The fourth-order valence-electron chi connectivity index (χ4n) is 3.46. The topological polar surface area (TPSA) is 40.5 Å². The second-order valence-electron chi connectivity index (χ2n) is 5.40. The lowest BCUT2D eigenvalue weighted by molar-refractivity contribution is -0.142. The average Bonchev–Trinajstić information content (AvgIpc) is 2.91. The van der Waals surface area contributed by atoms with Crippen molar-refractivity contribution in [2.24, 2.45) is 5.92 Å². The highest BCUT2D eigenvalue weighted by Crippen LogP contribution is 2.42. The van der Waals surface area contributed by atoms with Gasteiger partial charge in [0.15, 0.2) is 0 Å². The quantitative estimate of drug-likeness (QED) is 0.929. The van der Waals surface area contributed by atoms with Gasteiger partial charge >= 0.3 is 5.97 Å². The first kappa shape index (κ1) is 13.2. The van der Waals surface area contributed by atoms with Crippen molar-refractivity contribution in [3.05, 3.63) is 33.8 Å². The first-order valence-electron chi connectivity index (χ1n) is 6.48. The van der Waals surface area contributed by atoms with E-state index in [0.29, 0.717) is 16.1 Å². The molecule has 2 aliphatic heterocycles. The molecule has 0 spiro atoms. The Morgan fingerprint density at radius 1 is 1.32 bits per heavy atom. The lowest BCUT2D eigenvalue weighted by Crippen LogP contribution is -2.32. The van der Waals surface area contributed by atoms with Crippen molar-refractivity contribution < 1.29 is 9.90 Å². The normalized spacial score (nSPS) is 29.9. The smallest absolute Gasteiger partial charge is 0.308 e. The van der Waals surface area contributed by atoms with Crippen molar-refractivity contribution in [3.8, 4) is 0 Å². The number of benzene rings is 1. The minimum absolute atomic E-state index is 0.178. The number of carboxylic acid groups (broad SMARTS) is 1. The van der Waals surface area contributed by atoms with Crippen LogP contribution in [-0.4, -0.2) is 28.1 Å². The van der Waals surface area contributed by atoms with Crippen LogP contribution in [0.3, 0.4) is 0 Å². The van der Waals surface area contributed by atoms with Gasteiger partial charge in [0.05, 0.1) is 16.0 Å². The van der Waals surface area contributed by atoms with Gasteiger partial charge in [-0.3, -0.25) is 9.69 Å². The van der Waals surface area contributed by atoms with E-state index in [-0.39, 0.29) is 12.0 Å². The number of carbonyl (C=O) groups is 1. The number of fused-ring (bicyclic) bond motifs is 2. The molecule has 0 radical (unpaired) electrons. The molecule has 3 unspecified atom stereocenters. The third kappa shape index (κ3) is 2.35. The fraction of sp³-hybridized carbons (Fsp3) is 0.500. The molecule has 2 saturated heterocycles. The standard InChI is InChI=1S/C14H15Cl2NO2/c15-11-3-1-8(5-12(11)16)7-17-9-2-4-13(17)10(6-9)14(18)19/h1,3,5,9-10,13H,2,4,6-7H2,(H,18,19). The van der Waals surface area contributed by atoms with E-state index < -0.39 is 5.97 Å². The molecule has 0 aromatic heterocycles. The second-order valence-corrected chi connectivity index (χ2v) is 6.21. The summed E-state index contributed by atoms with van der Waals surface area (Å²) in [5.74, 6) is -0.868. The Morgan fingerprint density at radius 3 is 2.74 bits per heavy atom. The highest BCUT2D eigenvalue weighted by molar-refractivity contribution is 6.42. The van der Waals surface area contributed by atoms with Crippen molar-refractivity contribution in [2.75, 3.05) is 0 Å². The van der Waals surface area contributed by atoms with Crippen molar-refractivity contribution in [1.82, 2.24) is 4.90 Å². The summed E-state index contributed by atoms with van der Waals surface area (Å²) in [6, 6.07) is 6.21. The number of rotatable bonds is 3. The number of carboxylic acids is 1. The van der Waals surface area contributed by atoms with Crippen LogP contribution in [-0.2, 0) is 11.3 Å². The molecule has 0 aliphatic carbocycles. The van der Waals surface area contributed by atoms with Crippen molar-refractivity contribution in [3.63, 3.8) is 0 Å². The number of hydrogen-bond acceptors (Lipinski definition) is 2. The van der Waals surface area contributed by atoms with Gasteiger partial charge < -0.3 is 5.11 Å². The summed E-state index contributed by atoms with van der Waals surface area (Å²) in [5.41, 5.74) is 1.09. The SMILES string of the molecule is O=C(O)C1CC2CCC1N2Cc1ccc(Cl)c(Cl)c1. The molecule has 1 aromatic rings. The Kier molecular flexibility index (Phi) is 3.46. The van der Waals surface area contributed by atoms with Crippen LogP contribution in [0, 0.1) is 5.92 Å². The maximum Gasteiger partial charge on any atom is 0.308 e. The van der Waals surface area contributed by atoms with E-state index in [1.54, 1.807) is 6.07 Å². The van der Waals surface area contributed by atoms with E-state index in [1.165, 1.54) is 0 Å². The monoisotopic (exact) mass is 299 g/mol. The van der Waals surface area contributed by atoms with Gasteiger partial charge in [0, 0.05) is 18.6 Å². The molecule has 1 aromatic carbocycles. The third-order valence-corrected chi connectivity index (χ3v) is 5.09. The average molecular weight is 300 g/mol. The zero-order valence-electron chi connectivity index (χ0n) is 10.4. The number of halogens is 2. The van der Waals surface area contributed by atoms with E-state index in [0.717, 1.165) is 31.4 Å². The summed E-state index contributed by atoms with van der Waals surface area (Å²) in [7, 11) is 0. The summed E-state index contributed by atoms with van der Waals surface area (Å²) in [6.07, 6.45) is 2.88. The first-order chi connectivity index (χ1) is 9.06. The van der Waals surface area contributed by atoms with Crippen LogP contribution in [0.1, 0.15) is 24.8 Å². The number of hydrogen-bond donors (Lipinski definition) is 1. The van der Waals surface area contributed by atoms with Crippen LogP contribution in [0.15, 0.2) is 18.2 Å². The Hall–Kier alpha value is -0.770. The highest BCUT2D eigenvalue weighted by Gasteiger charge is 2.48. The maximum absolute atomic E-state index is 11.2. The first-order valence-corrected chi connectivity index (χ1v) is 7.24. The summed E-state index contributed by atoms with van der Waals surface area (Å²) in [6.45, 7) is 0.760. The minimum Gasteiger partial charge on any atom is -0.481 e. The lowest BCUT2D eigenvalue weighted by Gasteiger charge is -2.22. The van der Waals surface area contributed by atoms with Crippen molar-refractivity contribution >= 4 is 29.2 Å². The van der Waals surface area contributed by atoms with E-state index in [1.807, 2.05) is 12.1 Å². The summed E-state index contributed by atoms with van der Waals surface area (Å²) in [5, 5.41) is 10.3. The van der Waals surface area contributed by atoms with E-state index in [2.05, 4.69) is 4.90 Å². The number of aliphatic carboxylic acids is 1. The van der Waals surface area contributed by atoms with Gasteiger partial charge in [0.1, 0.15) is 0 Å². The summed E-state index contributed by atoms with van der Waals surface area (Å²) < 4.78 is 0. The van der Waals surface area contributed by atoms with Gasteiger partial charge in [0.25, 0.3) is 0 Å². The minimum atomic E-state index is -0.661. The maximum atomic E-state index is 11.2. The zero-order chi connectivity index (χ0) is 13.6. The lowest BCUT2D eigenvalue weighted by atomic mass is 9.89. The molecular formula is C14H15Cl2NO2. The largest absolute Gasteiger partial charge is 0.481 e. The molecule has 5 heteroatoms. The van der Waals surface area contributed by atoms with Gasteiger partial charge in [-0.2, -0.15) is 0 Å². The van der Waals surface area contributed by atoms with Gasteiger partial charge in [-0.05, 0) is 37.0 Å². The Bertz CT molecular complexity index is 520. The molecule has 1 N–H and O–H groups in total. The third-order valence-electron chi connectivity index (χ3n) is 4.35. The Balaban J connectivity index is 1.77. The molecule has 0 amide bonds. The molecule has 102 valence electrons. The van der Waals surface area contributed by atoms with Crippen molar-refractivity contribution in [2.45, 2.75) is 37.9 Å². The van der Waals surface area contributed by atoms with Crippen LogP contribution in [0.25, 0.3) is 0 Å². The van der Waals surface area contributed by atoms with Crippen LogP contribution < -0.4 is 0 Å². The zero-order valence-corrected chi connectivity index (χ0v) is 11.9. The van der Waals surface area contributed by atoms with Gasteiger partial charge in [-0.15, -0.1) is 0 Å². The van der Waals surface area contributed by atoms with E-state index in [4.69, 9.17) is 23.2 Å².